The number of thioether (sulfide) groups is 1. The summed E-state index contributed by atoms with van der Waals surface area (Å²) in [5.41, 5.74) is 0.854. The Morgan fingerprint density at radius 3 is 2.29 bits per heavy atom. The molecule has 10 heteroatoms. The molecule has 0 spiro atoms. The van der Waals surface area contributed by atoms with Gasteiger partial charge in [-0.2, -0.15) is 0 Å². The first-order chi connectivity index (χ1) is 16.3. The number of carbonyl (C=O) groups excluding carboxylic acids is 2. The molecule has 0 bridgehead atoms. The number of carboxylic acid groups (broad SMARTS) is 1. The van der Waals surface area contributed by atoms with Crippen molar-refractivity contribution in [3.8, 4) is 11.5 Å². The molecule has 2 amide bonds. The van der Waals surface area contributed by atoms with Gasteiger partial charge in [0, 0.05) is 16.6 Å². The van der Waals surface area contributed by atoms with Crippen LogP contribution in [0.4, 0.5) is 11.4 Å². The van der Waals surface area contributed by atoms with E-state index >= 15 is 0 Å². The van der Waals surface area contributed by atoms with Gasteiger partial charge in [0.2, 0.25) is 5.91 Å². The lowest BCUT2D eigenvalue weighted by Crippen LogP contribution is -2.16. The molecular formula is C24H21ClN2O6S. The van der Waals surface area contributed by atoms with Gasteiger partial charge in [0.05, 0.1) is 41.8 Å². The normalized spacial score (nSPS) is 10.3. The largest absolute Gasteiger partial charge is 0.495 e. The lowest BCUT2D eigenvalue weighted by Gasteiger charge is -2.13. The summed E-state index contributed by atoms with van der Waals surface area (Å²) in [5.74, 6) is -1.08. The van der Waals surface area contributed by atoms with Crippen molar-refractivity contribution in [3.05, 3.63) is 76.8 Å². The van der Waals surface area contributed by atoms with Crippen LogP contribution < -0.4 is 20.1 Å². The molecule has 0 heterocycles. The number of amides is 2. The van der Waals surface area contributed by atoms with Crippen molar-refractivity contribution in [2.75, 3.05) is 30.6 Å². The van der Waals surface area contributed by atoms with Crippen molar-refractivity contribution in [1.29, 1.82) is 0 Å². The van der Waals surface area contributed by atoms with E-state index in [-0.39, 0.29) is 22.8 Å². The summed E-state index contributed by atoms with van der Waals surface area (Å²) in [4.78, 5) is 37.2. The highest BCUT2D eigenvalue weighted by atomic mass is 35.5. The molecule has 3 rings (SSSR count). The number of aromatic carboxylic acids is 1. The first-order valence-corrected chi connectivity index (χ1v) is 11.3. The molecule has 8 nitrogen and oxygen atoms in total. The average Bonchev–Trinajstić information content (AvgIpc) is 2.83. The maximum Gasteiger partial charge on any atom is 0.336 e. The third kappa shape index (κ3) is 6.21. The van der Waals surface area contributed by atoms with Crippen LogP contribution in [0, 0.1) is 0 Å². The van der Waals surface area contributed by atoms with Crippen LogP contribution >= 0.6 is 23.4 Å². The second-order valence-electron chi connectivity index (χ2n) is 6.86. The predicted molar refractivity (Wildman–Crippen MR) is 132 cm³/mol. The molecule has 176 valence electrons. The third-order valence-corrected chi connectivity index (χ3v) is 5.90. The Hall–Kier alpha value is -3.69. The monoisotopic (exact) mass is 500 g/mol. The number of benzene rings is 3. The molecule has 0 aliphatic heterocycles. The SMILES string of the molecule is COc1cc(OC)c(NC(=O)CSc2cccc(NC(=O)c3ccccc3C(=O)O)c2)cc1Cl. The Bertz CT molecular complexity index is 1230. The van der Waals surface area contributed by atoms with Gasteiger partial charge < -0.3 is 25.2 Å². The van der Waals surface area contributed by atoms with Crippen LogP contribution in [0.3, 0.4) is 0 Å². The predicted octanol–water partition coefficient (Wildman–Crippen LogP) is 5.04. The number of carbonyl (C=O) groups is 3. The lowest BCUT2D eigenvalue weighted by atomic mass is 10.1. The molecule has 0 unspecified atom stereocenters. The van der Waals surface area contributed by atoms with E-state index in [0.717, 1.165) is 4.90 Å². The van der Waals surface area contributed by atoms with Crippen molar-refractivity contribution in [2.45, 2.75) is 4.90 Å². The van der Waals surface area contributed by atoms with E-state index in [1.54, 1.807) is 48.5 Å². The number of halogens is 1. The number of methoxy groups -OCH3 is 2. The number of hydrogen-bond acceptors (Lipinski definition) is 6. The van der Waals surface area contributed by atoms with E-state index in [0.29, 0.717) is 27.9 Å². The zero-order chi connectivity index (χ0) is 24.7. The Balaban J connectivity index is 1.64. The molecule has 0 aliphatic rings. The number of rotatable bonds is 9. The zero-order valence-electron chi connectivity index (χ0n) is 18.3. The Morgan fingerprint density at radius 1 is 0.912 bits per heavy atom. The number of anilines is 2. The van der Waals surface area contributed by atoms with Crippen LogP contribution in [-0.2, 0) is 4.79 Å². The lowest BCUT2D eigenvalue weighted by molar-refractivity contribution is -0.113. The van der Waals surface area contributed by atoms with Crippen molar-refractivity contribution < 1.29 is 29.0 Å². The van der Waals surface area contributed by atoms with E-state index < -0.39 is 11.9 Å². The molecule has 0 fully saturated rings. The standard InChI is InChI=1S/C24H21ClN2O6S/c1-32-20-12-21(33-2)19(11-18(20)25)27-22(28)13-34-15-7-5-6-14(10-15)26-23(29)16-8-3-4-9-17(16)24(30)31/h3-12H,13H2,1-2H3,(H,26,29)(H,27,28)(H,30,31). The molecule has 0 radical (unpaired) electrons. The summed E-state index contributed by atoms with van der Waals surface area (Å²) in [6, 6.07) is 16.0. The van der Waals surface area contributed by atoms with Gasteiger partial charge in [-0.25, -0.2) is 4.79 Å². The zero-order valence-corrected chi connectivity index (χ0v) is 19.8. The van der Waals surface area contributed by atoms with Crippen LogP contribution in [0.1, 0.15) is 20.7 Å². The summed E-state index contributed by atoms with van der Waals surface area (Å²) < 4.78 is 10.4. The Kier molecular flexibility index (Phi) is 8.39. The Morgan fingerprint density at radius 2 is 1.62 bits per heavy atom. The second-order valence-corrected chi connectivity index (χ2v) is 8.31. The van der Waals surface area contributed by atoms with Crippen molar-refractivity contribution in [3.63, 3.8) is 0 Å². The van der Waals surface area contributed by atoms with E-state index in [1.165, 1.54) is 38.1 Å². The molecule has 0 atom stereocenters. The van der Waals surface area contributed by atoms with E-state index in [9.17, 15) is 19.5 Å². The van der Waals surface area contributed by atoms with E-state index in [1.807, 2.05) is 0 Å². The van der Waals surface area contributed by atoms with Gasteiger partial charge in [0.15, 0.2) is 0 Å². The van der Waals surface area contributed by atoms with Crippen LogP contribution in [0.15, 0.2) is 65.6 Å². The average molecular weight is 501 g/mol. The second kappa shape index (κ2) is 11.4. The number of ether oxygens (including phenoxy) is 2. The molecule has 3 N–H and O–H groups in total. The summed E-state index contributed by atoms with van der Waals surface area (Å²) in [5, 5.41) is 15.1. The minimum atomic E-state index is -1.18. The quantitative estimate of drug-likeness (QED) is 0.353. The van der Waals surface area contributed by atoms with Crippen molar-refractivity contribution in [2.24, 2.45) is 0 Å². The van der Waals surface area contributed by atoms with E-state index in [2.05, 4.69) is 10.6 Å². The van der Waals surface area contributed by atoms with Crippen LogP contribution in [-0.4, -0.2) is 42.9 Å². The molecule has 34 heavy (non-hydrogen) atoms. The minimum Gasteiger partial charge on any atom is -0.495 e. The van der Waals surface area contributed by atoms with Crippen molar-refractivity contribution >= 4 is 52.5 Å². The first kappa shape index (κ1) is 24.9. The van der Waals surface area contributed by atoms with E-state index in [4.69, 9.17) is 21.1 Å². The van der Waals surface area contributed by atoms with Gasteiger partial charge in [-0.15, -0.1) is 11.8 Å². The number of nitrogens with one attached hydrogen (secondary N) is 2. The Labute approximate surface area is 205 Å². The summed E-state index contributed by atoms with van der Waals surface area (Å²) in [6.07, 6.45) is 0. The fraction of sp³-hybridized carbons (Fsp3) is 0.125. The topological polar surface area (TPSA) is 114 Å². The van der Waals surface area contributed by atoms with Crippen LogP contribution in [0.25, 0.3) is 0 Å². The third-order valence-electron chi connectivity index (χ3n) is 4.61. The van der Waals surface area contributed by atoms with Crippen LogP contribution in [0.2, 0.25) is 5.02 Å². The smallest absolute Gasteiger partial charge is 0.336 e. The summed E-state index contributed by atoms with van der Waals surface area (Å²) in [6.45, 7) is 0. The highest BCUT2D eigenvalue weighted by Gasteiger charge is 2.16. The van der Waals surface area contributed by atoms with Crippen molar-refractivity contribution in [1.82, 2.24) is 0 Å². The molecule has 0 saturated carbocycles. The fourth-order valence-corrected chi connectivity index (χ4v) is 4.02. The number of carboxylic acids is 1. The van der Waals surface area contributed by atoms with Gasteiger partial charge in [-0.3, -0.25) is 9.59 Å². The van der Waals surface area contributed by atoms with Gasteiger partial charge in [0.25, 0.3) is 5.91 Å². The first-order valence-electron chi connectivity index (χ1n) is 9.90. The van der Waals surface area contributed by atoms with Gasteiger partial charge in [-0.1, -0.05) is 29.8 Å². The van der Waals surface area contributed by atoms with Crippen LogP contribution in [0.5, 0.6) is 11.5 Å². The van der Waals surface area contributed by atoms with Gasteiger partial charge in [0.1, 0.15) is 11.5 Å². The maximum absolute atomic E-state index is 12.6. The van der Waals surface area contributed by atoms with Gasteiger partial charge in [-0.05, 0) is 36.4 Å². The summed E-state index contributed by atoms with van der Waals surface area (Å²) in [7, 11) is 2.96. The molecule has 0 saturated heterocycles. The maximum atomic E-state index is 12.6. The molecule has 3 aromatic carbocycles. The fourth-order valence-electron chi connectivity index (χ4n) is 3.02. The molecule has 0 aromatic heterocycles. The van der Waals surface area contributed by atoms with Gasteiger partial charge >= 0.3 is 5.97 Å². The molecule has 0 aliphatic carbocycles. The highest BCUT2D eigenvalue weighted by Crippen LogP contribution is 2.36. The minimum absolute atomic E-state index is 0.0551. The summed E-state index contributed by atoms with van der Waals surface area (Å²) >= 11 is 7.40. The highest BCUT2D eigenvalue weighted by molar-refractivity contribution is 8.00. The molecule has 3 aromatic rings. The molecular weight excluding hydrogens is 480 g/mol. The number of hydrogen-bond donors (Lipinski definition) is 3.